The van der Waals surface area contributed by atoms with Gasteiger partial charge in [0.25, 0.3) is 0 Å². The first kappa shape index (κ1) is 14.5. The number of nitrogens with zero attached hydrogens (tertiary/aromatic N) is 4. The van der Waals surface area contributed by atoms with Crippen LogP contribution in [0.4, 0.5) is 0 Å². The predicted octanol–water partition coefficient (Wildman–Crippen LogP) is 5.67. The molecule has 0 atom stereocenters. The number of aromatic nitrogens is 1. The fourth-order valence-electron chi connectivity index (χ4n) is 3.09. The highest BCUT2D eigenvalue weighted by Gasteiger charge is 2.08. The number of para-hydroxylation sites is 2. The molecule has 0 fully saturated rings. The molecule has 1 heterocycles. The van der Waals surface area contributed by atoms with Crippen molar-refractivity contribution in [2.45, 2.75) is 32.2 Å². The predicted molar refractivity (Wildman–Crippen MR) is 91.9 cm³/mol. The summed E-state index contributed by atoms with van der Waals surface area (Å²) in [4.78, 5) is 2.78. The van der Waals surface area contributed by atoms with Crippen molar-refractivity contribution < 1.29 is 0 Å². The maximum Gasteiger partial charge on any atom is 0.0491 e. The highest BCUT2D eigenvalue weighted by atomic mass is 15.1. The fourth-order valence-corrected chi connectivity index (χ4v) is 3.09. The maximum absolute atomic E-state index is 8.25. The van der Waals surface area contributed by atoms with Crippen LogP contribution in [0.3, 0.4) is 0 Å². The first-order chi connectivity index (χ1) is 10.9. The van der Waals surface area contributed by atoms with Crippen molar-refractivity contribution in [3.63, 3.8) is 0 Å². The summed E-state index contributed by atoms with van der Waals surface area (Å²) in [5.74, 6) is 0. The topological polar surface area (TPSA) is 53.7 Å². The van der Waals surface area contributed by atoms with Gasteiger partial charge in [-0.15, -0.1) is 0 Å². The number of hydrogen-bond acceptors (Lipinski definition) is 1. The van der Waals surface area contributed by atoms with Crippen LogP contribution in [0.25, 0.3) is 32.2 Å². The van der Waals surface area contributed by atoms with Crippen molar-refractivity contribution in [3.8, 4) is 0 Å². The highest BCUT2D eigenvalue weighted by Crippen LogP contribution is 2.29. The van der Waals surface area contributed by atoms with Gasteiger partial charge in [0.1, 0.15) is 0 Å². The molecule has 4 nitrogen and oxygen atoms in total. The second kappa shape index (κ2) is 7.01. The Labute approximate surface area is 130 Å². The van der Waals surface area contributed by atoms with Crippen molar-refractivity contribution in [3.05, 3.63) is 59.0 Å². The van der Waals surface area contributed by atoms with Gasteiger partial charge in [-0.05, 0) is 30.5 Å². The van der Waals surface area contributed by atoms with Gasteiger partial charge in [0.15, 0.2) is 0 Å². The molecule has 2 aromatic carbocycles. The normalized spacial score (nSPS) is 10.9. The zero-order chi connectivity index (χ0) is 15.2. The van der Waals surface area contributed by atoms with Gasteiger partial charge >= 0.3 is 0 Å². The lowest BCUT2D eigenvalue weighted by Gasteiger charge is -2.07. The molecule has 0 unspecified atom stereocenters. The van der Waals surface area contributed by atoms with Crippen LogP contribution in [0.5, 0.6) is 0 Å². The van der Waals surface area contributed by atoms with Gasteiger partial charge in [-0.2, -0.15) is 0 Å². The van der Waals surface area contributed by atoms with Gasteiger partial charge in [-0.25, -0.2) is 0 Å². The monoisotopic (exact) mass is 292 g/mol. The summed E-state index contributed by atoms with van der Waals surface area (Å²) in [5, 5.41) is 6.25. The third-order valence-corrected chi connectivity index (χ3v) is 4.13. The molecular formula is C18H20N4. The van der Waals surface area contributed by atoms with E-state index in [0.29, 0.717) is 6.54 Å². The van der Waals surface area contributed by atoms with Crippen molar-refractivity contribution in [1.29, 1.82) is 0 Å². The summed E-state index contributed by atoms with van der Waals surface area (Å²) >= 11 is 0. The van der Waals surface area contributed by atoms with Gasteiger partial charge < -0.3 is 4.57 Å². The Balaban J connectivity index is 1.73. The zero-order valence-corrected chi connectivity index (χ0v) is 12.7. The molecule has 0 aliphatic heterocycles. The van der Waals surface area contributed by atoms with Crippen molar-refractivity contribution >= 4 is 21.8 Å². The quantitative estimate of drug-likeness (QED) is 0.233. The molecule has 0 saturated heterocycles. The Bertz CT molecular complexity index is 759. The molecule has 22 heavy (non-hydrogen) atoms. The van der Waals surface area contributed by atoms with Crippen molar-refractivity contribution in [2.75, 3.05) is 6.54 Å². The Kier molecular flexibility index (Phi) is 4.62. The van der Waals surface area contributed by atoms with E-state index in [1.807, 2.05) is 0 Å². The molecule has 0 bridgehead atoms. The number of hydrogen-bond donors (Lipinski definition) is 0. The van der Waals surface area contributed by atoms with E-state index in [1.54, 1.807) is 0 Å². The highest BCUT2D eigenvalue weighted by molar-refractivity contribution is 6.07. The number of unbranched alkanes of at least 4 members (excludes halogenated alkanes) is 3. The van der Waals surface area contributed by atoms with Gasteiger partial charge in [0.2, 0.25) is 0 Å². The standard InChI is InChI=1S/C18H20N4/c19-21-20-13-7-1-2-8-14-22-17-11-5-3-9-15(17)16-10-4-6-12-18(16)22/h3-6,9-12H,1-2,7-8,13-14H2. The summed E-state index contributed by atoms with van der Waals surface area (Å²) in [6.45, 7) is 1.65. The molecule has 3 rings (SSSR count). The Morgan fingerprint density at radius 1 is 0.818 bits per heavy atom. The van der Waals surface area contributed by atoms with E-state index in [1.165, 1.54) is 28.2 Å². The summed E-state index contributed by atoms with van der Waals surface area (Å²) < 4.78 is 2.43. The number of rotatable bonds is 7. The van der Waals surface area contributed by atoms with Crippen LogP contribution in [0, 0.1) is 0 Å². The van der Waals surface area contributed by atoms with Gasteiger partial charge in [-0.3, -0.25) is 0 Å². The van der Waals surface area contributed by atoms with Crippen LogP contribution in [-0.2, 0) is 6.54 Å². The maximum atomic E-state index is 8.25. The Morgan fingerprint density at radius 2 is 1.41 bits per heavy atom. The van der Waals surface area contributed by atoms with E-state index in [9.17, 15) is 0 Å². The molecule has 0 spiro atoms. The minimum Gasteiger partial charge on any atom is -0.340 e. The van der Waals surface area contributed by atoms with Crippen LogP contribution in [0.2, 0.25) is 0 Å². The van der Waals surface area contributed by atoms with Crippen molar-refractivity contribution in [1.82, 2.24) is 4.57 Å². The van der Waals surface area contributed by atoms with E-state index >= 15 is 0 Å². The molecular weight excluding hydrogens is 272 g/mol. The summed E-state index contributed by atoms with van der Waals surface area (Å²) in [6.07, 6.45) is 4.42. The van der Waals surface area contributed by atoms with Crippen LogP contribution in [0.15, 0.2) is 53.6 Å². The molecule has 0 amide bonds. The molecule has 1 aromatic heterocycles. The molecule has 4 heteroatoms. The second-order valence-electron chi connectivity index (χ2n) is 5.55. The average molecular weight is 292 g/mol. The minimum atomic E-state index is 0.617. The average Bonchev–Trinajstić information content (AvgIpc) is 2.89. The van der Waals surface area contributed by atoms with E-state index in [2.05, 4.69) is 63.1 Å². The van der Waals surface area contributed by atoms with Crippen LogP contribution >= 0.6 is 0 Å². The van der Waals surface area contributed by atoms with E-state index in [4.69, 9.17) is 5.53 Å². The molecule has 3 aromatic rings. The minimum absolute atomic E-state index is 0.617. The lowest BCUT2D eigenvalue weighted by atomic mass is 10.2. The van der Waals surface area contributed by atoms with E-state index < -0.39 is 0 Å². The number of fused-ring (bicyclic) bond motifs is 3. The Hall–Kier alpha value is -2.45. The van der Waals surface area contributed by atoms with E-state index in [0.717, 1.165) is 25.8 Å². The third kappa shape index (κ3) is 2.92. The first-order valence-electron chi connectivity index (χ1n) is 7.88. The summed E-state index contributed by atoms with van der Waals surface area (Å²) in [7, 11) is 0. The number of benzene rings is 2. The molecule has 0 aliphatic carbocycles. The van der Waals surface area contributed by atoms with Crippen LogP contribution < -0.4 is 0 Å². The SMILES string of the molecule is [N-]=[N+]=NCCCCCCn1c2ccccc2c2ccccc21. The molecule has 0 radical (unpaired) electrons. The molecule has 0 N–H and O–H groups in total. The number of azide groups is 1. The number of aryl methyl sites for hydroxylation is 1. The smallest absolute Gasteiger partial charge is 0.0491 e. The Morgan fingerprint density at radius 3 is 2.05 bits per heavy atom. The zero-order valence-electron chi connectivity index (χ0n) is 12.7. The first-order valence-corrected chi connectivity index (χ1v) is 7.88. The van der Waals surface area contributed by atoms with Gasteiger partial charge in [-0.1, -0.05) is 54.4 Å². The molecule has 0 aliphatic rings. The largest absolute Gasteiger partial charge is 0.340 e. The lowest BCUT2D eigenvalue weighted by Crippen LogP contribution is -1.97. The third-order valence-electron chi connectivity index (χ3n) is 4.13. The van der Waals surface area contributed by atoms with Crippen LogP contribution in [-0.4, -0.2) is 11.1 Å². The van der Waals surface area contributed by atoms with Crippen LogP contribution in [0.1, 0.15) is 25.7 Å². The lowest BCUT2D eigenvalue weighted by molar-refractivity contribution is 0.592. The summed E-state index contributed by atoms with van der Waals surface area (Å²) in [5.41, 5.74) is 10.9. The second-order valence-corrected chi connectivity index (χ2v) is 5.55. The fraction of sp³-hybridized carbons (Fsp3) is 0.333. The van der Waals surface area contributed by atoms with E-state index in [-0.39, 0.29) is 0 Å². The van der Waals surface area contributed by atoms with Gasteiger partial charge in [0.05, 0.1) is 0 Å². The summed E-state index contributed by atoms with van der Waals surface area (Å²) in [6, 6.07) is 17.2. The van der Waals surface area contributed by atoms with Gasteiger partial charge in [0, 0.05) is 39.8 Å². The molecule has 0 saturated carbocycles. The molecule has 112 valence electrons. The van der Waals surface area contributed by atoms with Crippen molar-refractivity contribution in [2.24, 2.45) is 5.11 Å².